The first-order valence-corrected chi connectivity index (χ1v) is 6.25. The van der Waals surface area contributed by atoms with Crippen molar-refractivity contribution in [3.63, 3.8) is 0 Å². The molecule has 0 aromatic heterocycles. The Balaban J connectivity index is 3.61. The highest BCUT2D eigenvalue weighted by atomic mass is 16.3. The molecule has 2 heteroatoms. The molecule has 1 rings (SSSR count). The lowest BCUT2D eigenvalue weighted by Crippen LogP contribution is -2.07. The van der Waals surface area contributed by atoms with E-state index in [1.54, 1.807) is 0 Å². The highest BCUT2D eigenvalue weighted by Crippen LogP contribution is 2.36. The fourth-order valence-electron chi connectivity index (χ4n) is 2.61. The van der Waals surface area contributed by atoms with Gasteiger partial charge in [0.25, 0.3) is 0 Å². The Bertz CT molecular complexity index is 346. The second-order valence-corrected chi connectivity index (χ2v) is 4.09. The average Bonchev–Trinajstić information content (AvgIpc) is 2.31. The average molecular weight is 221 g/mol. The second-order valence-electron chi connectivity index (χ2n) is 4.09. The maximum atomic E-state index is 10.1. The zero-order valence-electron chi connectivity index (χ0n) is 10.9. The van der Waals surface area contributed by atoms with Gasteiger partial charge in [-0.3, -0.25) is 0 Å². The first-order chi connectivity index (χ1) is 7.62. The molecular weight excluding hydrogens is 198 g/mol. The zero-order valence-corrected chi connectivity index (χ0v) is 10.9. The van der Waals surface area contributed by atoms with Gasteiger partial charge in [0.15, 0.2) is 0 Å². The monoisotopic (exact) mass is 221 g/mol. The van der Waals surface area contributed by atoms with Crippen molar-refractivity contribution in [3.8, 4) is 5.75 Å². The summed E-state index contributed by atoms with van der Waals surface area (Å²) in [6.07, 6.45) is 3.69. The molecule has 0 saturated heterocycles. The molecule has 90 valence electrons. The summed E-state index contributed by atoms with van der Waals surface area (Å²) < 4.78 is 0. The van der Waals surface area contributed by atoms with Crippen molar-refractivity contribution in [2.75, 3.05) is 5.73 Å². The van der Waals surface area contributed by atoms with E-state index in [4.69, 9.17) is 5.73 Å². The molecule has 0 bridgehead atoms. The molecular formula is C14H23NO. The third-order valence-electron chi connectivity index (χ3n) is 3.37. The number of phenols is 1. The third-order valence-corrected chi connectivity index (χ3v) is 3.37. The van der Waals surface area contributed by atoms with Gasteiger partial charge in [-0.1, -0.05) is 27.7 Å². The van der Waals surface area contributed by atoms with E-state index in [-0.39, 0.29) is 0 Å². The van der Waals surface area contributed by atoms with Gasteiger partial charge in [0, 0.05) is 0 Å². The molecule has 0 amide bonds. The lowest BCUT2D eigenvalue weighted by Gasteiger charge is -2.20. The summed E-state index contributed by atoms with van der Waals surface area (Å²) in [5.41, 5.74) is 11.4. The summed E-state index contributed by atoms with van der Waals surface area (Å²) in [6, 6.07) is 0. The maximum Gasteiger partial charge on any atom is 0.142 e. The van der Waals surface area contributed by atoms with E-state index >= 15 is 0 Å². The van der Waals surface area contributed by atoms with Crippen molar-refractivity contribution in [1.29, 1.82) is 0 Å². The molecule has 0 aliphatic rings. The van der Waals surface area contributed by atoms with Crippen LogP contribution in [0.2, 0.25) is 0 Å². The summed E-state index contributed by atoms with van der Waals surface area (Å²) in [7, 11) is 0. The standard InChI is InChI=1S/C14H23NO/c1-5-9-10(6-2)12(8-4)14(16)13(15)11(9)7-3/h16H,5-8,15H2,1-4H3. The van der Waals surface area contributed by atoms with E-state index in [1.807, 2.05) is 0 Å². The van der Waals surface area contributed by atoms with Gasteiger partial charge in [-0.15, -0.1) is 0 Å². The van der Waals surface area contributed by atoms with Crippen LogP contribution in [0.3, 0.4) is 0 Å². The number of nitrogens with two attached hydrogens (primary N) is 1. The Morgan fingerprint density at radius 1 is 0.750 bits per heavy atom. The Morgan fingerprint density at radius 3 is 1.50 bits per heavy atom. The van der Waals surface area contributed by atoms with Crippen molar-refractivity contribution in [3.05, 3.63) is 22.3 Å². The summed E-state index contributed by atoms with van der Waals surface area (Å²) in [5, 5.41) is 10.1. The van der Waals surface area contributed by atoms with Crippen molar-refractivity contribution < 1.29 is 5.11 Å². The Labute approximate surface area is 98.5 Å². The van der Waals surface area contributed by atoms with Gasteiger partial charge in [0.2, 0.25) is 0 Å². The van der Waals surface area contributed by atoms with Crippen molar-refractivity contribution in [1.82, 2.24) is 0 Å². The van der Waals surface area contributed by atoms with Crippen molar-refractivity contribution in [2.24, 2.45) is 0 Å². The zero-order chi connectivity index (χ0) is 12.3. The van der Waals surface area contributed by atoms with Gasteiger partial charge in [-0.2, -0.15) is 0 Å². The Morgan fingerprint density at radius 2 is 1.12 bits per heavy atom. The molecule has 0 saturated carbocycles. The Hall–Kier alpha value is -1.18. The van der Waals surface area contributed by atoms with Gasteiger partial charge >= 0.3 is 0 Å². The van der Waals surface area contributed by atoms with Crippen LogP contribution < -0.4 is 5.73 Å². The van der Waals surface area contributed by atoms with Crippen LogP contribution in [0.15, 0.2) is 0 Å². The summed E-state index contributed by atoms with van der Waals surface area (Å²) in [4.78, 5) is 0. The van der Waals surface area contributed by atoms with Crippen LogP contribution >= 0.6 is 0 Å². The number of hydrogen-bond acceptors (Lipinski definition) is 2. The number of benzene rings is 1. The quantitative estimate of drug-likeness (QED) is 0.605. The molecule has 0 radical (unpaired) electrons. The molecule has 3 N–H and O–H groups in total. The van der Waals surface area contributed by atoms with Crippen LogP contribution in [0.25, 0.3) is 0 Å². The lowest BCUT2D eigenvalue weighted by atomic mass is 9.88. The smallest absolute Gasteiger partial charge is 0.142 e. The van der Waals surface area contributed by atoms with E-state index in [0.29, 0.717) is 11.4 Å². The minimum Gasteiger partial charge on any atom is -0.505 e. The maximum absolute atomic E-state index is 10.1. The SMILES string of the molecule is CCc1c(N)c(O)c(CC)c(CC)c1CC. The van der Waals surface area contributed by atoms with Crippen molar-refractivity contribution in [2.45, 2.75) is 53.4 Å². The highest BCUT2D eigenvalue weighted by molar-refractivity contribution is 5.67. The molecule has 0 unspecified atom stereocenters. The van der Waals surface area contributed by atoms with Gasteiger partial charge < -0.3 is 10.8 Å². The Kier molecular flexibility index (Phi) is 4.22. The number of hydrogen-bond donors (Lipinski definition) is 2. The molecule has 1 aromatic carbocycles. The predicted octanol–water partition coefficient (Wildman–Crippen LogP) is 3.22. The number of nitrogen functional groups attached to an aromatic ring is 1. The minimum absolute atomic E-state index is 0.313. The largest absolute Gasteiger partial charge is 0.505 e. The van der Waals surface area contributed by atoms with Crippen LogP contribution in [0, 0.1) is 0 Å². The topological polar surface area (TPSA) is 46.2 Å². The highest BCUT2D eigenvalue weighted by Gasteiger charge is 2.17. The number of phenolic OH excluding ortho intramolecular Hbond substituents is 1. The fraction of sp³-hybridized carbons (Fsp3) is 0.571. The van der Waals surface area contributed by atoms with Crippen LogP contribution in [0.4, 0.5) is 5.69 Å². The van der Waals surface area contributed by atoms with Gasteiger partial charge in [-0.05, 0) is 47.9 Å². The molecule has 16 heavy (non-hydrogen) atoms. The van der Waals surface area contributed by atoms with Crippen LogP contribution in [-0.4, -0.2) is 5.11 Å². The fourth-order valence-corrected chi connectivity index (χ4v) is 2.61. The second kappa shape index (κ2) is 5.24. The molecule has 0 fully saturated rings. The first-order valence-electron chi connectivity index (χ1n) is 6.25. The van der Waals surface area contributed by atoms with E-state index in [0.717, 1.165) is 36.8 Å². The van der Waals surface area contributed by atoms with Gasteiger partial charge in [-0.25, -0.2) is 0 Å². The van der Waals surface area contributed by atoms with E-state index in [2.05, 4.69) is 27.7 Å². The van der Waals surface area contributed by atoms with E-state index in [1.165, 1.54) is 11.1 Å². The van der Waals surface area contributed by atoms with Gasteiger partial charge in [0.05, 0.1) is 5.69 Å². The van der Waals surface area contributed by atoms with E-state index < -0.39 is 0 Å². The molecule has 0 aliphatic heterocycles. The van der Waals surface area contributed by atoms with Crippen LogP contribution in [0.1, 0.15) is 49.9 Å². The third kappa shape index (κ3) is 1.89. The van der Waals surface area contributed by atoms with E-state index in [9.17, 15) is 5.11 Å². The molecule has 0 heterocycles. The number of aromatic hydroxyl groups is 1. The molecule has 0 aliphatic carbocycles. The summed E-state index contributed by atoms with van der Waals surface area (Å²) >= 11 is 0. The first kappa shape index (κ1) is 12.9. The minimum atomic E-state index is 0.313. The number of anilines is 1. The van der Waals surface area contributed by atoms with Crippen molar-refractivity contribution >= 4 is 5.69 Å². The molecule has 0 atom stereocenters. The van der Waals surface area contributed by atoms with Crippen LogP contribution in [-0.2, 0) is 25.7 Å². The molecule has 2 nitrogen and oxygen atoms in total. The molecule has 0 spiro atoms. The summed E-state index contributed by atoms with van der Waals surface area (Å²) in [6.45, 7) is 8.46. The lowest BCUT2D eigenvalue weighted by molar-refractivity contribution is 0.469. The predicted molar refractivity (Wildman–Crippen MR) is 70.0 cm³/mol. The summed E-state index contributed by atoms with van der Waals surface area (Å²) in [5.74, 6) is 0.313. The van der Waals surface area contributed by atoms with Crippen LogP contribution in [0.5, 0.6) is 5.75 Å². The normalized spacial score (nSPS) is 10.8. The number of rotatable bonds is 4. The molecule has 1 aromatic rings. The van der Waals surface area contributed by atoms with Gasteiger partial charge in [0.1, 0.15) is 5.75 Å².